The van der Waals surface area contributed by atoms with Gasteiger partial charge in [0.25, 0.3) is 10.1 Å². The third kappa shape index (κ3) is 4.04. The van der Waals surface area contributed by atoms with Crippen LogP contribution in [-0.2, 0) is 14.9 Å². The van der Waals surface area contributed by atoms with Crippen LogP contribution in [0.25, 0.3) is 10.8 Å². The van der Waals surface area contributed by atoms with Gasteiger partial charge in [-0.1, -0.05) is 26.0 Å². The zero-order valence-corrected chi connectivity index (χ0v) is 12.4. The predicted molar refractivity (Wildman–Crippen MR) is 79.4 cm³/mol. The standard InChI is InChI=1S/C12H11NO4S.C2H6/c1-8(14)13-11-4-2-10-7-12(18(15,16)17)5-3-9(10)6-11;1-2/h2-7H,1H3,(H,13,14)(H,15,16,17);1-2H3. The molecule has 0 atom stereocenters. The molecule has 0 aromatic heterocycles. The number of anilines is 1. The predicted octanol–water partition coefficient (Wildman–Crippen LogP) is 3.07. The highest BCUT2D eigenvalue weighted by molar-refractivity contribution is 7.85. The molecule has 0 aliphatic carbocycles. The first-order valence-electron chi connectivity index (χ1n) is 6.15. The zero-order chi connectivity index (χ0) is 15.3. The minimum atomic E-state index is -4.19. The summed E-state index contributed by atoms with van der Waals surface area (Å²) in [6, 6.07) is 9.33. The van der Waals surface area contributed by atoms with Gasteiger partial charge in [-0.15, -0.1) is 0 Å². The monoisotopic (exact) mass is 295 g/mol. The van der Waals surface area contributed by atoms with Crippen molar-refractivity contribution in [1.29, 1.82) is 0 Å². The molecule has 0 spiro atoms. The van der Waals surface area contributed by atoms with Crippen molar-refractivity contribution in [2.24, 2.45) is 0 Å². The zero-order valence-electron chi connectivity index (χ0n) is 11.5. The number of hydrogen-bond acceptors (Lipinski definition) is 3. The Kier molecular flexibility index (Phi) is 5.24. The number of hydrogen-bond donors (Lipinski definition) is 2. The second-order valence-corrected chi connectivity index (χ2v) is 5.30. The first kappa shape index (κ1) is 16.1. The van der Waals surface area contributed by atoms with Crippen LogP contribution in [-0.4, -0.2) is 18.9 Å². The Hall–Kier alpha value is -1.92. The van der Waals surface area contributed by atoms with Crippen molar-refractivity contribution in [3.63, 3.8) is 0 Å². The van der Waals surface area contributed by atoms with Crippen LogP contribution in [0.15, 0.2) is 41.3 Å². The van der Waals surface area contributed by atoms with E-state index in [0.717, 1.165) is 5.39 Å². The molecule has 0 unspecified atom stereocenters. The van der Waals surface area contributed by atoms with Crippen LogP contribution in [0.1, 0.15) is 20.8 Å². The second-order valence-electron chi connectivity index (χ2n) is 3.88. The fourth-order valence-corrected chi connectivity index (χ4v) is 2.18. The number of amides is 1. The molecule has 5 nitrogen and oxygen atoms in total. The van der Waals surface area contributed by atoms with Crippen LogP contribution in [0.2, 0.25) is 0 Å². The molecule has 0 bridgehead atoms. The summed E-state index contributed by atoms with van der Waals surface area (Å²) >= 11 is 0. The number of carbonyl (C=O) groups excluding carboxylic acids is 1. The molecule has 0 saturated heterocycles. The molecule has 0 aliphatic heterocycles. The van der Waals surface area contributed by atoms with E-state index in [4.69, 9.17) is 4.55 Å². The van der Waals surface area contributed by atoms with Gasteiger partial charge in [0, 0.05) is 12.6 Å². The summed E-state index contributed by atoms with van der Waals surface area (Å²) in [6.45, 7) is 5.41. The van der Waals surface area contributed by atoms with Crippen LogP contribution in [0, 0.1) is 0 Å². The Morgan fingerprint density at radius 3 is 2.15 bits per heavy atom. The highest BCUT2D eigenvalue weighted by Crippen LogP contribution is 2.22. The Morgan fingerprint density at radius 1 is 1.05 bits per heavy atom. The number of fused-ring (bicyclic) bond motifs is 1. The van der Waals surface area contributed by atoms with Crippen LogP contribution < -0.4 is 5.32 Å². The lowest BCUT2D eigenvalue weighted by Crippen LogP contribution is -2.05. The Bertz CT molecular complexity index is 723. The van der Waals surface area contributed by atoms with Crippen molar-refractivity contribution in [2.75, 3.05) is 5.32 Å². The van der Waals surface area contributed by atoms with Gasteiger partial charge in [-0.25, -0.2) is 0 Å². The Balaban J connectivity index is 0.000000956. The summed E-state index contributed by atoms with van der Waals surface area (Å²) in [6.07, 6.45) is 0. The SMILES string of the molecule is CC.CC(=O)Nc1ccc2cc(S(=O)(=O)O)ccc2c1. The fourth-order valence-electron chi connectivity index (χ4n) is 1.67. The second kappa shape index (κ2) is 6.49. The number of benzene rings is 2. The normalized spacial score (nSPS) is 10.6. The van der Waals surface area contributed by atoms with Crippen molar-refractivity contribution < 1.29 is 17.8 Å². The lowest BCUT2D eigenvalue weighted by Gasteiger charge is -2.05. The topological polar surface area (TPSA) is 83.5 Å². The third-order valence-corrected chi connectivity index (χ3v) is 3.28. The van der Waals surface area contributed by atoms with Crippen molar-refractivity contribution >= 4 is 32.5 Å². The largest absolute Gasteiger partial charge is 0.326 e. The molecule has 0 saturated carbocycles. The van der Waals surface area contributed by atoms with Crippen molar-refractivity contribution in [3.05, 3.63) is 36.4 Å². The van der Waals surface area contributed by atoms with E-state index in [1.54, 1.807) is 24.3 Å². The average molecular weight is 295 g/mol. The van der Waals surface area contributed by atoms with Gasteiger partial charge >= 0.3 is 0 Å². The van der Waals surface area contributed by atoms with E-state index in [1.807, 2.05) is 13.8 Å². The maximum atomic E-state index is 11.0. The van der Waals surface area contributed by atoms with Crippen molar-refractivity contribution in [1.82, 2.24) is 0 Å². The highest BCUT2D eigenvalue weighted by Gasteiger charge is 2.09. The van der Waals surface area contributed by atoms with Crippen LogP contribution in [0.5, 0.6) is 0 Å². The summed E-state index contributed by atoms with van der Waals surface area (Å²) in [5.74, 6) is -0.177. The smallest absolute Gasteiger partial charge is 0.294 e. The lowest BCUT2D eigenvalue weighted by molar-refractivity contribution is -0.114. The van der Waals surface area contributed by atoms with E-state index in [2.05, 4.69) is 5.32 Å². The quantitative estimate of drug-likeness (QED) is 0.834. The van der Waals surface area contributed by atoms with E-state index < -0.39 is 10.1 Å². The minimum absolute atomic E-state index is 0.151. The molecule has 6 heteroatoms. The number of rotatable bonds is 2. The Labute approximate surface area is 118 Å². The number of carbonyl (C=O) groups is 1. The molecule has 20 heavy (non-hydrogen) atoms. The molecule has 2 rings (SSSR count). The summed E-state index contributed by atoms with van der Waals surface area (Å²) in [4.78, 5) is 10.8. The van der Waals surface area contributed by atoms with E-state index >= 15 is 0 Å². The van der Waals surface area contributed by atoms with E-state index in [9.17, 15) is 13.2 Å². The molecule has 2 N–H and O–H groups in total. The van der Waals surface area contributed by atoms with Crippen molar-refractivity contribution in [3.8, 4) is 0 Å². The van der Waals surface area contributed by atoms with Gasteiger partial charge in [0.2, 0.25) is 5.91 Å². The fraction of sp³-hybridized carbons (Fsp3) is 0.214. The first-order valence-corrected chi connectivity index (χ1v) is 7.59. The van der Waals surface area contributed by atoms with Gasteiger partial charge in [0.1, 0.15) is 0 Å². The summed E-state index contributed by atoms with van der Waals surface area (Å²) < 4.78 is 30.9. The van der Waals surface area contributed by atoms with Crippen LogP contribution in [0.3, 0.4) is 0 Å². The van der Waals surface area contributed by atoms with E-state index in [-0.39, 0.29) is 10.8 Å². The van der Waals surface area contributed by atoms with Gasteiger partial charge in [0.15, 0.2) is 0 Å². The van der Waals surface area contributed by atoms with Gasteiger partial charge in [0.05, 0.1) is 4.90 Å². The first-order chi connectivity index (χ1) is 9.36. The molecule has 0 fully saturated rings. The van der Waals surface area contributed by atoms with Gasteiger partial charge in [-0.2, -0.15) is 8.42 Å². The molecule has 2 aromatic carbocycles. The van der Waals surface area contributed by atoms with Gasteiger partial charge in [-0.05, 0) is 35.0 Å². The summed E-state index contributed by atoms with van der Waals surface area (Å²) in [5.41, 5.74) is 0.634. The Morgan fingerprint density at radius 2 is 1.60 bits per heavy atom. The average Bonchev–Trinajstić information content (AvgIpc) is 2.38. The maximum Gasteiger partial charge on any atom is 0.294 e. The number of nitrogens with one attached hydrogen (secondary N) is 1. The lowest BCUT2D eigenvalue weighted by atomic mass is 10.1. The highest BCUT2D eigenvalue weighted by atomic mass is 32.2. The van der Waals surface area contributed by atoms with E-state index in [0.29, 0.717) is 11.1 Å². The van der Waals surface area contributed by atoms with E-state index in [1.165, 1.54) is 19.1 Å². The molecular formula is C14H17NO4S. The van der Waals surface area contributed by atoms with Gasteiger partial charge in [-0.3, -0.25) is 9.35 Å². The molecule has 1 amide bonds. The molecule has 2 aromatic rings. The summed E-state index contributed by atoms with van der Waals surface area (Å²) in [5, 5.41) is 4.07. The van der Waals surface area contributed by atoms with Gasteiger partial charge < -0.3 is 5.32 Å². The molecule has 0 aliphatic rings. The van der Waals surface area contributed by atoms with Crippen LogP contribution >= 0.6 is 0 Å². The molecule has 0 radical (unpaired) electrons. The van der Waals surface area contributed by atoms with Crippen LogP contribution in [0.4, 0.5) is 5.69 Å². The minimum Gasteiger partial charge on any atom is -0.326 e. The summed E-state index contributed by atoms with van der Waals surface area (Å²) in [7, 11) is -4.19. The molecular weight excluding hydrogens is 278 g/mol. The maximum absolute atomic E-state index is 11.0. The third-order valence-electron chi connectivity index (χ3n) is 2.43. The molecule has 0 heterocycles. The van der Waals surface area contributed by atoms with Crippen molar-refractivity contribution in [2.45, 2.75) is 25.7 Å². The molecule has 108 valence electrons.